The summed E-state index contributed by atoms with van der Waals surface area (Å²) >= 11 is 0. The second kappa shape index (κ2) is 6.02. The van der Waals surface area contributed by atoms with Crippen LogP contribution in [0, 0.1) is 5.92 Å². The highest BCUT2D eigenvalue weighted by Gasteiger charge is 2.18. The zero-order valence-electron chi connectivity index (χ0n) is 9.00. The number of ether oxygens (including phenoxy) is 1. The molecule has 0 aliphatic heterocycles. The Balaban J connectivity index is 2.08. The summed E-state index contributed by atoms with van der Waals surface area (Å²) in [5, 5.41) is 0. The average Bonchev–Trinajstić information content (AvgIpc) is 2.17. The van der Waals surface area contributed by atoms with Crippen LogP contribution >= 0.6 is 0 Å². The van der Waals surface area contributed by atoms with Gasteiger partial charge in [0.2, 0.25) is 0 Å². The zero-order valence-corrected chi connectivity index (χ0v) is 9.00. The quantitative estimate of drug-likeness (QED) is 0.703. The second-order valence-corrected chi connectivity index (χ2v) is 4.26. The molecular formula is C11H21NO2. The van der Waals surface area contributed by atoms with Crippen molar-refractivity contribution in [1.82, 2.24) is 0 Å². The van der Waals surface area contributed by atoms with Crippen molar-refractivity contribution in [2.24, 2.45) is 11.7 Å². The number of nitrogens with two attached hydrogens (primary N) is 1. The Bertz CT molecular complexity index is 182. The first-order valence-corrected chi connectivity index (χ1v) is 5.54. The van der Waals surface area contributed by atoms with E-state index in [1.807, 2.05) is 0 Å². The Morgan fingerprint density at radius 2 is 2.29 bits per heavy atom. The van der Waals surface area contributed by atoms with Gasteiger partial charge in [0, 0.05) is 12.5 Å². The Labute approximate surface area is 86.0 Å². The SMILES string of the molecule is COC(=O)CCCC1CCCC(N)C1. The van der Waals surface area contributed by atoms with Crippen molar-refractivity contribution in [3.63, 3.8) is 0 Å². The molecular weight excluding hydrogens is 178 g/mol. The van der Waals surface area contributed by atoms with Crippen LogP contribution in [0.1, 0.15) is 44.9 Å². The van der Waals surface area contributed by atoms with E-state index in [1.54, 1.807) is 0 Å². The third kappa shape index (κ3) is 4.09. The summed E-state index contributed by atoms with van der Waals surface area (Å²) in [5.74, 6) is 0.647. The first-order chi connectivity index (χ1) is 6.72. The lowest BCUT2D eigenvalue weighted by atomic mass is 9.83. The van der Waals surface area contributed by atoms with Crippen molar-refractivity contribution in [2.45, 2.75) is 51.0 Å². The van der Waals surface area contributed by atoms with Gasteiger partial charge in [-0.05, 0) is 31.6 Å². The molecule has 1 fully saturated rings. The Kier molecular flexibility index (Phi) is 4.94. The molecule has 0 amide bonds. The molecule has 1 aliphatic rings. The average molecular weight is 199 g/mol. The van der Waals surface area contributed by atoms with Gasteiger partial charge in [0.1, 0.15) is 0 Å². The summed E-state index contributed by atoms with van der Waals surface area (Å²) in [6, 6.07) is 0.395. The number of methoxy groups -OCH3 is 1. The summed E-state index contributed by atoms with van der Waals surface area (Å²) in [4.78, 5) is 10.9. The highest BCUT2D eigenvalue weighted by atomic mass is 16.5. The third-order valence-electron chi connectivity index (χ3n) is 3.04. The lowest BCUT2D eigenvalue weighted by Gasteiger charge is -2.26. The fourth-order valence-electron chi connectivity index (χ4n) is 2.23. The summed E-state index contributed by atoms with van der Waals surface area (Å²) in [6.07, 6.45) is 7.49. The third-order valence-corrected chi connectivity index (χ3v) is 3.04. The van der Waals surface area contributed by atoms with Gasteiger partial charge in [-0.25, -0.2) is 0 Å². The molecule has 82 valence electrons. The van der Waals surface area contributed by atoms with E-state index in [2.05, 4.69) is 4.74 Å². The zero-order chi connectivity index (χ0) is 10.4. The van der Waals surface area contributed by atoms with Crippen molar-refractivity contribution < 1.29 is 9.53 Å². The van der Waals surface area contributed by atoms with Gasteiger partial charge in [-0.2, -0.15) is 0 Å². The monoisotopic (exact) mass is 199 g/mol. The van der Waals surface area contributed by atoms with Crippen LogP contribution in [0.4, 0.5) is 0 Å². The van der Waals surface area contributed by atoms with Crippen molar-refractivity contribution >= 4 is 5.97 Å². The fraction of sp³-hybridized carbons (Fsp3) is 0.909. The van der Waals surface area contributed by atoms with E-state index in [4.69, 9.17) is 5.73 Å². The Morgan fingerprint density at radius 3 is 2.93 bits per heavy atom. The molecule has 14 heavy (non-hydrogen) atoms. The van der Waals surface area contributed by atoms with Crippen LogP contribution in [0.5, 0.6) is 0 Å². The number of hydrogen-bond acceptors (Lipinski definition) is 3. The molecule has 2 unspecified atom stereocenters. The number of rotatable bonds is 4. The molecule has 1 aliphatic carbocycles. The lowest BCUT2D eigenvalue weighted by molar-refractivity contribution is -0.140. The van der Waals surface area contributed by atoms with E-state index in [0.717, 1.165) is 25.2 Å². The van der Waals surface area contributed by atoms with Crippen LogP contribution in [0.25, 0.3) is 0 Å². The molecule has 0 saturated heterocycles. The smallest absolute Gasteiger partial charge is 0.305 e. The van der Waals surface area contributed by atoms with Crippen molar-refractivity contribution in [2.75, 3.05) is 7.11 Å². The van der Waals surface area contributed by atoms with E-state index in [0.29, 0.717) is 12.5 Å². The standard InChI is InChI=1S/C11H21NO2/c1-14-11(13)7-3-5-9-4-2-6-10(12)8-9/h9-10H,2-8,12H2,1H3. The first-order valence-electron chi connectivity index (χ1n) is 5.54. The van der Waals surface area contributed by atoms with Gasteiger partial charge in [-0.3, -0.25) is 4.79 Å². The summed E-state index contributed by atoms with van der Waals surface area (Å²) in [7, 11) is 1.44. The van der Waals surface area contributed by atoms with Crippen LogP contribution in [0.2, 0.25) is 0 Å². The number of esters is 1. The maximum Gasteiger partial charge on any atom is 0.305 e. The molecule has 3 nitrogen and oxygen atoms in total. The molecule has 1 rings (SSSR count). The minimum absolute atomic E-state index is 0.0925. The van der Waals surface area contributed by atoms with Crippen LogP contribution < -0.4 is 5.73 Å². The number of hydrogen-bond donors (Lipinski definition) is 1. The molecule has 3 heteroatoms. The van der Waals surface area contributed by atoms with E-state index in [9.17, 15) is 4.79 Å². The molecule has 0 radical (unpaired) electrons. The number of carbonyl (C=O) groups is 1. The van der Waals surface area contributed by atoms with E-state index in [-0.39, 0.29) is 5.97 Å². The Hall–Kier alpha value is -0.570. The molecule has 0 heterocycles. The maximum atomic E-state index is 10.9. The summed E-state index contributed by atoms with van der Waals surface area (Å²) in [5.41, 5.74) is 5.89. The van der Waals surface area contributed by atoms with Gasteiger partial charge >= 0.3 is 5.97 Å². The van der Waals surface area contributed by atoms with E-state index in [1.165, 1.54) is 26.4 Å². The van der Waals surface area contributed by atoms with Crippen LogP contribution in [0.15, 0.2) is 0 Å². The highest BCUT2D eigenvalue weighted by molar-refractivity contribution is 5.68. The normalized spacial score (nSPS) is 27.3. The Morgan fingerprint density at radius 1 is 1.50 bits per heavy atom. The lowest BCUT2D eigenvalue weighted by Crippen LogP contribution is -2.27. The largest absolute Gasteiger partial charge is 0.469 e. The van der Waals surface area contributed by atoms with E-state index >= 15 is 0 Å². The second-order valence-electron chi connectivity index (χ2n) is 4.26. The highest BCUT2D eigenvalue weighted by Crippen LogP contribution is 2.27. The molecule has 2 N–H and O–H groups in total. The number of carbonyl (C=O) groups excluding carboxylic acids is 1. The van der Waals surface area contributed by atoms with Crippen molar-refractivity contribution in [3.05, 3.63) is 0 Å². The molecule has 0 spiro atoms. The predicted octanol–water partition coefficient (Wildman–Crippen LogP) is 1.85. The minimum Gasteiger partial charge on any atom is -0.469 e. The van der Waals surface area contributed by atoms with Gasteiger partial charge in [0.05, 0.1) is 7.11 Å². The molecule has 1 saturated carbocycles. The molecule has 0 aromatic carbocycles. The van der Waals surface area contributed by atoms with Crippen molar-refractivity contribution in [1.29, 1.82) is 0 Å². The molecule has 0 aromatic rings. The van der Waals surface area contributed by atoms with Crippen LogP contribution in [-0.2, 0) is 9.53 Å². The summed E-state index contributed by atoms with van der Waals surface area (Å²) in [6.45, 7) is 0. The first kappa shape index (κ1) is 11.5. The van der Waals surface area contributed by atoms with Crippen LogP contribution in [-0.4, -0.2) is 19.1 Å². The fourth-order valence-corrected chi connectivity index (χ4v) is 2.23. The molecule has 0 bridgehead atoms. The maximum absolute atomic E-state index is 10.9. The van der Waals surface area contributed by atoms with Crippen LogP contribution in [0.3, 0.4) is 0 Å². The topological polar surface area (TPSA) is 52.3 Å². The van der Waals surface area contributed by atoms with Gasteiger partial charge < -0.3 is 10.5 Å². The molecule has 2 atom stereocenters. The van der Waals surface area contributed by atoms with Gasteiger partial charge in [-0.1, -0.05) is 12.8 Å². The van der Waals surface area contributed by atoms with Gasteiger partial charge in [0.25, 0.3) is 0 Å². The summed E-state index contributed by atoms with van der Waals surface area (Å²) < 4.78 is 4.60. The van der Waals surface area contributed by atoms with Crippen molar-refractivity contribution in [3.8, 4) is 0 Å². The predicted molar refractivity (Wildman–Crippen MR) is 55.8 cm³/mol. The van der Waals surface area contributed by atoms with E-state index < -0.39 is 0 Å². The minimum atomic E-state index is -0.0925. The van der Waals surface area contributed by atoms with Gasteiger partial charge in [0.15, 0.2) is 0 Å². The molecule has 0 aromatic heterocycles. The van der Waals surface area contributed by atoms with Gasteiger partial charge in [-0.15, -0.1) is 0 Å².